The largest absolute Gasteiger partial charge is 0.310 e. The van der Waals surface area contributed by atoms with Crippen molar-refractivity contribution in [2.45, 2.75) is 12.3 Å². The number of para-hydroxylation sites is 2. The van der Waals surface area contributed by atoms with Gasteiger partial charge in [0.2, 0.25) is 0 Å². The van der Waals surface area contributed by atoms with E-state index in [0.717, 1.165) is 39.4 Å². The summed E-state index contributed by atoms with van der Waals surface area (Å²) in [6.45, 7) is 2.07. The topological polar surface area (TPSA) is 8.17 Å². The van der Waals surface area contributed by atoms with Gasteiger partial charge in [-0.05, 0) is 175 Å². The first-order valence-corrected chi connectivity index (χ1v) is 26.3. The maximum Gasteiger partial charge on any atom is 0.0719 e. The molecule has 0 N–H and O–H groups in total. The van der Waals surface area contributed by atoms with Crippen molar-refractivity contribution in [1.82, 2.24) is 4.57 Å². The molecule has 0 aliphatic heterocycles. The second kappa shape index (κ2) is 18.6. The fourth-order valence-corrected chi connectivity index (χ4v) is 12.3. The van der Waals surface area contributed by atoms with Crippen molar-refractivity contribution in [2.24, 2.45) is 0 Å². The quantitative estimate of drug-likeness (QED) is 0.124. The Bertz CT molecular complexity index is 4250. The van der Waals surface area contributed by atoms with Gasteiger partial charge in [0, 0.05) is 33.5 Å². The molecule has 1 atom stereocenters. The van der Waals surface area contributed by atoms with Crippen molar-refractivity contribution in [2.75, 3.05) is 4.90 Å². The molecule has 2 aliphatic carbocycles. The van der Waals surface area contributed by atoms with E-state index in [4.69, 9.17) is 0 Å². The number of rotatable bonds is 10. The van der Waals surface area contributed by atoms with Gasteiger partial charge in [-0.25, -0.2) is 0 Å². The Morgan fingerprint density at radius 1 is 0.355 bits per heavy atom. The first kappa shape index (κ1) is 44.9. The Balaban J connectivity index is 0.919. The standard InChI is InChI=1S/C74H52N2/c1-2-3-7-25-60-46-57-24-14-17-30-69(57)74(60)70-31-18-15-28-65(70)67-49-56(37-43-71(67)74)59-45-58(52-22-10-5-11-23-52)47-64(48-59)75(62-39-33-53(34-40-62)51-20-8-4-9-21-51)63-41-35-54(36-42-63)55-38-44-73-68(50-55)66-29-16-19-32-72(66)76(73)61-26-12-6-13-27-61/h2-50H,1H3/b3-2-,25-7-. The fourth-order valence-electron chi connectivity index (χ4n) is 12.3. The van der Waals surface area contributed by atoms with Crippen LogP contribution in [0.1, 0.15) is 29.2 Å². The molecule has 0 fully saturated rings. The van der Waals surface area contributed by atoms with Crippen LogP contribution in [0.3, 0.4) is 0 Å². The lowest BCUT2D eigenvalue weighted by atomic mass is 9.69. The molecule has 76 heavy (non-hydrogen) atoms. The van der Waals surface area contributed by atoms with E-state index in [1.54, 1.807) is 0 Å². The van der Waals surface area contributed by atoms with Crippen molar-refractivity contribution in [3.8, 4) is 61.3 Å². The van der Waals surface area contributed by atoms with Gasteiger partial charge in [0.05, 0.1) is 16.4 Å². The van der Waals surface area contributed by atoms with Crippen molar-refractivity contribution in [3.63, 3.8) is 0 Å². The van der Waals surface area contributed by atoms with Crippen molar-refractivity contribution < 1.29 is 0 Å². The highest BCUT2D eigenvalue weighted by Crippen LogP contribution is 2.61. The Morgan fingerprint density at radius 2 is 0.882 bits per heavy atom. The van der Waals surface area contributed by atoms with Gasteiger partial charge in [0.15, 0.2) is 0 Å². The second-order valence-electron chi connectivity index (χ2n) is 20.0. The lowest BCUT2D eigenvalue weighted by Gasteiger charge is -2.31. The summed E-state index contributed by atoms with van der Waals surface area (Å²) in [4.78, 5) is 2.42. The summed E-state index contributed by atoms with van der Waals surface area (Å²) in [7, 11) is 0. The maximum absolute atomic E-state index is 2.45. The van der Waals surface area contributed by atoms with Crippen LogP contribution in [0.5, 0.6) is 0 Å². The minimum atomic E-state index is -0.419. The maximum atomic E-state index is 2.45. The smallest absolute Gasteiger partial charge is 0.0719 e. The average molecular weight is 969 g/mol. The van der Waals surface area contributed by atoms with E-state index in [1.807, 2.05) is 0 Å². The minimum absolute atomic E-state index is 0.419. The number of anilines is 3. The zero-order chi connectivity index (χ0) is 50.6. The Labute approximate surface area is 444 Å². The number of fused-ring (bicyclic) bond motifs is 10. The van der Waals surface area contributed by atoms with E-state index >= 15 is 0 Å². The molecule has 2 nitrogen and oxygen atoms in total. The van der Waals surface area contributed by atoms with Gasteiger partial charge in [0.1, 0.15) is 0 Å². The van der Waals surface area contributed by atoms with Crippen molar-refractivity contribution >= 4 is 44.9 Å². The van der Waals surface area contributed by atoms with E-state index in [1.165, 1.54) is 88.6 Å². The van der Waals surface area contributed by atoms with Crippen molar-refractivity contribution in [3.05, 3.63) is 319 Å². The van der Waals surface area contributed by atoms with Crippen LogP contribution in [-0.4, -0.2) is 4.57 Å². The van der Waals surface area contributed by atoms with E-state index < -0.39 is 5.41 Å². The SMILES string of the molecule is C/C=C\C=C/C1=Cc2ccccc2C12c1ccccc1-c1cc(-c3cc(-c4ccccc4)cc(N(c4ccc(-c5ccccc5)cc4)c4ccc(-c5ccc6c(c5)c5ccccc5n6-c5ccccc5)cc4)c3)ccc12. The molecule has 2 heteroatoms. The predicted molar refractivity (Wildman–Crippen MR) is 321 cm³/mol. The van der Waals surface area contributed by atoms with Gasteiger partial charge < -0.3 is 9.47 Å². The van der Waals surface area contributed by atoms with E-state index in [0.29, 0.717) is 0 Å². The Hall–Kier alpha value is -9.76. The van der Waals surface area contributed by atoms with Crippen molar-refractivity contribution in [1.29, 1.82) is 0 Å². The van der Waals surface area contributed by atoms with E-state index in [-0.39, 0.29) is 0 Å². The molecule has 0 amide bonds. The molecular weight excluding hydrogens is 917 g/mol. The van der Waals surface area contributed by atoms with E-state index in [2.05, 4.69) is 314 Å². The molecular formula is C74H52N2. The third kappa shape index (κ3) is 7.41. The van der Waals surface area contributed by atoms with Gasteiger partial charge in [-0.3, -0.25) is 0 Å². The van der Waals surface area contributed by atoms with Gasteiger partial charge in [-0.1, -0.05) is 212 Å². The first-order chi connectivity index (χ1) is 37.6. The normalized spacial score (nSPS) is 14.4. The fraction of sp³-hybridized carbons (Fsp3) is 0.0270. The molecule has 1 spiro atoms. The van der Waals surface area contributed by atoms with Crippen LogP contribution < -0.4 is 4.90 Å². The minimum Gasteiger partial charge on any atom is -0.310 e. The number of nitrogens with zero attached hydrogens (tertiary/aromatic N) is 2. The summed E-state index contributed by atoms with van der Waals surface area (Å²) in [6, 6.07) is 98.3. The number of aromatic nitrogens is 1. The lowest BCUT2D eigenvalue weighted by molar-refractivity contribution is 0.787. The Kier molecular flexibility index (Phi) is 11.0. The van der Waals surface area contributed by atoms with Crippen LogP contribution in [0.2, 0.25) is 0 Å². The highest BCUT2D eigenvalue weighted by atomic mass is 15.1. The summed E-state index contributed by atoms with van der Waals surface area (Å²) < 4.78 is 2.38. The summed E-state index contributed by atoms with van der Waals surface area (Å²) in [6.07, 6.45) is 11.1. The van der Waals surface area contributed by atoms with Crippen LogP contribution in [0.25, 0.3) is 89.2 Å². The molecule has 14 rings (SSSR count). The number of hydrogen-bond acceptors (Lipinski definition) is 1. The van der Waals surface area contributed by atoms with Crippen LogP contribution in [0, 0.1) is 0 Å². The monoisotopic (exact) mass is 968 g/mol. The van der Waals surface area contributed by atoms with Gasteiger partial charge >= 0.3 is 0 Å². The highest BCUT2D eigenvalue weighted by molar-refractivity contribution is 6.10. The molecule has 11 aromatic carbocycles. The summed E-state index contributed by atoms with van der Waals surface area (Å²) in [5.41, 5.74) is 24.8. The highest BCUT2D eigenvalue weighted by Gasteiger charge is 2.50. The van der Waals surface area contributed by atoms with E-state index in [9.17, 15) is 0 Å². The van der Waals surface area contributed by atoms with Gasteiger partial charge in [0.25, 0.3) is 0 Å². The van der Waals surface area contributed by atoms with Gasteiger partial charge in [-0.2, -0.15) is 0 Å². The third-order valence-corrected chi connectivity index (χ3v) is 15.7. The number of hydrogen-bond donors (Lipinski definition) is 0. The van der Waals surface area contributed by atoms with Crippen LogP contribution in [-0.2, 0) is 5.41 Å². The molecule has 0 saturated heterocycles. The second-order valence-corrected chi connectivity index (χ2v) is 20.0. The molecule has 0 saturated carbocycles. The molecule has 358 valence electrons. The van der Waals surface area contributed by atoms with Crippen LogP contribution in [0.15, 0.2) is 297 Å². The molecule has 0 bridgehead atoms. The summed E-state index contributed by atoms with van der Waals surface area (Å²) >= 11 is 0. The zero-order valence-corrected chi connectivity index (χ0v) is 42.2. The molecule has 0 radical (unpaired) electrons. The molecule has 1 heterocycles. The first-order valence-electron chi connectivity index (χ1n) is 26.3. The lowest BCUT2D eigenvalue weighted by Crippen LogP contribution is -2.26. The predicted octanol–water partition coefficient (Wildman–Crippen LogP) is 19.8. The number of allylic oxidation sites excluding steroid dienone is 5. The zero-order valence-electron chi connectivity index (χ0n) is 42.2. The van der Waals surface area contributed by atoms with Crippen LogP contribution >= 0.6 is 0 Å². The van der Waals surface area contributed by atoms with Gasteiger partial charge in [-0.15, -0.1) is 0 Å². The average Bonchev–Trinajstić information content (AvgIpc) is 4.14. The summed E-state index contributed by atoms with van der Waals surface area (Å²) in [5.74, 6) is 0. The number of benzene rings is 11. The summed E-state index contributed by atoms with van der Waals surface area (Å²) in [5, 5.41) is 2.48. The third-order valence-electron chi connectivity index (χ3n) is 15.7. The Morgan fingerprint density at radius 3 is 1.61 bits per heavy atom. The molecule has 1 aromatic heterocycles. The molecule has 2 aliphatic rings. The molecule has 12 aromatic rings. The molecule has 1 unspecified atom stereocenters. The van der Waals surface area contributed by atoms with Crippen LogP contribution in [0.4, 0.5) is 17.1 Å².